The lowest BCUT2D eigenvalue weighted by atomic mass is 10.0. The molecule has 1 saturated heterocycles. The van der Waals surface area contributed by atoms with E-state index in [1.165, 1.54) is 0 Å². The zero-order valence-electron chi connectivity index (χ0n) is 19.0. The van der Waals surface area contributed by atoms with Crippen molar-refractivity contribution >= 4 is 23.3 Å². The van der Waals surface area contributed by atoms with E-state index in [1.54, 1.807) is 18.2 Å². The van der Waals surface area contributed by atoms with Crippen molar-refractivity contribution in [1.29, 1.82) is 5.26 Å². The van der Waals surface area contributed by atoms with Crippen molar-refractivity contribution in [2.45, 2.75) is 45.8 Å². The van der Waals surface area contributed by atoms with Crippen molar-refractivity contribution < 1.29 is 4.74 Å². The highest BCUT2D eigenvalue weighted by Gasteiger charge is 2.29. The number of fused-ring (bicyclic) bond motifs is 1. The summed E-state index contributed by atoms with van der Waals surface area (Å²) in [5.74, 6) is 2.11. The Balaban J connectivity index is 1.46. The van der Waals surface area contributed by atoms with Crippen LogP contribution in [0.25, 0.3) is 0 Å². The average molecular weight is 455 g/mol. The van der Waals surface area contributed by atoms with Crippen LogP contribution in [0.15, 0.2) is 35.5 Å². The molecule has 1 N–H and O–H groups in total. The zero-order chi connectivity index (χ0) is 22.7. The van der Waals surface area contributed by atoms with Crippen LogP contribution < -0.4 is 10.1 Å². The normalized spacial score (nSPS) is 17.9. The smallest absolute Gasteiger partial charge is 0.227 e. The molecule has 1 fully saturated rings. The van der Waals surface area contributed by atoms with Gasteiger partial charge < -0.3 is 14.6 Å². The molecule has 170 valence electrons. The third-order valence-electron chi connectivity index (χ3n) is 6.64. The van der Waals surface area contributed by atoms with Crippen molar-refractivity contribution in [3.8, 4) is 11.8 Å². The monoisotopic (exact) mass is 454 g/mol. The van der Waals surface area contributed by atoms with Crippen LogP contribution in [0.1, 0.15) is 50.8 Å². The van der Waals surface area contributed by atoms with Crippen molar-refractivity contribution in [2.24, 2.45) is 4.99 Å². The van der Waals surface area contributed by atoms with Gasteiger partial charge in [0.2, 0.25) is 5.90 Å². The first-order chi connectivity index (χ1) is 15.5. The quantitative estimate of drug-likeness (QED) is 0.693. The van der Waals surface area contributed by atoms with Gasteiger partial charge in [-0.15, -0.1) is 0 Å². The van der Waals surface area contributed by atoms with Gasteiger partial charge in [-0.1, -0.05) is 25.4 Å². The van der Waals surface area contributed by atoms with Gasteiger partial charge in [0.1, 0.15) is 18.2 Å². The Morgan fingerprint density at radius 2 is 2.03 bits per heavy atom. The number of piperidine rings is 1. The van der Waals surface area contributed by atoms with E-state index in [4.69, 9.17) is 21.6 Å². The topological polar surface area (TPSA) is 68.8 Å². The van der Waals surface area contributed by atoms with Gasteiger partial charge >= 0.3 is 0 Å². The van der Waals surface area contributed by atoms with Crippen LogP contribution in [0, 0.1) is 11.3 Å². The summed E-state index contributed by atoms with van der Waals surface area (Å²) in [6, 6.07) is 9.62. The molecule has 2 aliphatic rings. The lowest BCUT2D eigenvalue weighted by Gasteiger charge is -2.41. The fraction of sp³-hybridized carbons (Fsp3) is 0.500. The number of nitrogens with one attached hydrogen (secondary N) is 1. The van der Waals surface area contributed by atoms with Crippen LogP contribution in [-0.2, 0) is 0 Å². The summed E-state index contributed by atoms with van der Waals surface area (Å²) in [7, 11) is 0. The van der Waals surface area contributed by atoms with E-state index in [0.29, 0.717) is 41.1 Å². The van der Waals surface area contributed by atoms with Gasteiger partial charge in [0, 0.05) is 25.3 Å². The summed E-state index contributed by atoms with van der Waals surface area (Å²) in [5, 5.41) is 12.9. The van der Waals surface area contributed by atoms with E-state index in [0.717, 1.165) is 50.4 Å². The summed E-state index contributed by atoms with van der Waals surface area (Å²) < 4.78 is 8.39. The van der Waals surface area contributed by atoms with E-state index in [2.05, 4.69) is 63.8 Å². The van der Waals surface area contributed by atoms with Crippen LogP contribution in [0.3, 0.4) is 0 Å². The number of nitrogens with zero attached hydrogens (tertiary/aromatic N) is 5. The number of likely N-dealkylation sites (tertiary alicyclic amines) is 1. The number of hydrogen-bond acceptors (Lipinski definition) is 6. The van der Waals surface area contributed by atoms with Gasteiger partial charge in [0.15, 0.2) is 0 Å². The highest BCUT2D eigenvalue weighted by atomic mass is 35.5. The maximum Gasteiger partial charge on any atom is 0.227 e. The number of aliphatic imine (C=N–C) groups is 1. The standard InChI is InChI=1S/C24H31ClN6O/c1-4-29(5-2)17(3)30-11-8-19(9-12-30)31-13-10-20-23(31)27-16-28-24(20)32-22-7-6-18(15-26)14-21(22)25/h6-7,10,13-14,17,19,27H,4-5,8-9,11-12,16H2,1-3H3. The summed E-state index contributed by atoms with van der Waals surface area (Å²) in [6.45, 7) is 11.6. The minimum atomic E-state index is 0.404. The zero-order valence-corrected chi connectivity index (χ0v) is 19.8. The van der Waals surface area contributed by atoms with Crippen LogP contribution in [-0.4, -0.2) is 59.3 Å². The number of hydrogen-bond donors (Lipinski definition) is 1. The molecule has 1 aromatic heterocycles. The maximum absolute atomic E-state index is 9.04. The Hall–Kier alpha value is -2.53. The Bertz CT molecular complexity index is 1010. The molecule has 4 rings (SSSR count). The number of anilines is 1. The number of benzene rings is 1. The molecule has 0 radical (unpaired) electrons. The summed E-state index contributed by atoms with van der Waals surface area (Å²) >= 11 is 6.30. The Morgan fingerprint density at radius 1 is 1.28 bits per heavy atom. The van der Waals surface area contributed by atoms with Crippen LogP contribution in [0.2, 0.25) is 5.02 Å². The molecule has 0 bridgehead atoms. The van der Waals surface area contributed by atoms with Crippen LogP contribution in [0.5, 0.6) is 5.75 Å². The molecule has 7 nitrogen and oxygen atoms in total. The van der Waals surface area contributed by atoms with Crippen molar-refractivity contribution in [3.05, 3.63) is 46.6 Å². The number of nitriles is 1. The van der Waals surface area contributed by atoms with Crippen LogP contribution in [0.4, 0.5) is 5.82 Å². The van der Waals surface area contributed by atoms with Crippen LogP contribution >= 0.6 is 11.6 Å². The fourth-order valence-electron chi connectivity index (χ4n) is 4.75. The first kappa shape index (κ1) is 22.7. The molecule has 32 heavy (non-hydrogen) atoms. The first-order valence-corrected chi connectivity index (χ1v) is 11.8. The van der Waals surface area contributed by atoms with Gasteiger partial charge in [-0.05, 0) is 57.1 Å². The fourth-order valence-corrected chi connectivity index (χ4v) is 4.97. The minimum absolute atomic E-state index is 0.404. The van der Waals surface area contributed by atoms with E-state index < -0.39 is 0 Å². The molecule has 1 atom stereocenters. The number of aromatic nitrogens is 1. The lowest BCUT2D eigenvalue weighted by molar-refractivity contribution is 0.0374. The van der Waals surface area contributed by atoms with E-state index >= 15 is 0 Å². The molecule has 1 unspecified atom stereocenters. The molecule has 8 heteroatoms. The Labute approximate surface area is 195 Å². The molecule has 1 aromatic carbocycles. The second-order valence-corrected chi connectivity index (χ2v) is 8.67. The first-order valence-electron chi connectivity index (χ1n) is 11.4. The third-order valence-corrected chi connectivity index (χ3v) is 6.94. The molecule has 0 spiro atoms. The number of rotatable bonds is 6. The van der Waals surface area contributed by atoms with E-state index in [-0.39, 0.29) is 0 Å². The molecule has 0 amide bonds. The molecular weight excluding hydrogens is 424 g/mol. The molecule has 2 aromatic rings. The minimum Gasteiger partial charge on any atom is -0.437 e. The second-order valence-electron chi connectivity index (χ2n) is 8.26. The van der Waals surface area contributed by atoms with Gasteiger partial charge in [0.05, 0.1) is 28.4 Å². The highest BCUT2D eigenvalue weighted by Crippen LogP contribution is 2.33. The van der Waals surface area contributed by atoms with E-state index in [9.17, 15) is 0 Å². The molecule has 2 aliphatic heterocycles. The van der Waals surface area contributed by atoms with Crippen molar-refractivity contribution in [1.82, 2.24) is 14.4 Å². The summed E-state index contributed by atoms with van der Waals surface area (Å²) in [4.78, 5) is 9.62. The number of halogens is 1. The predicted molar refractivity (Wildman–Crippen MR) is 128 cm³/mol. The van der Waals surface area contributed by atoms with Gasteiger partial charge in [-0.2, -0.15) is 5.26 Å². The van der Waals surface area contributed by atoms with Gasteiger partial charge in [-0.3, -0.25) is 9.80 Å². The average Bonchev–Trinajstić information content (AvgIpc) is 3.26. The Morgan fingerprint density at radius 3 is 2.69 bits per heavy atom. The number of ether oxygens (including phenoxy) is 1. The Kier molecular flexibility index (Phi) is 7.04. The molecular formula is C24H31ClN6O. The summed E-state index contributed by atoms with van der Waals surface area (Å²) in [6.07, 6.45) is 4.84. The maximum atomic E-state index is 9.04. The molecule has 0 saturated carbocycles. The van der Waals surface area contributed by atoms with E-state index in [1.807, 2.05) is 0 Å². The summed E-state index contributed by atoms with van der Waals surface area (Å²) in [5.41, 5.74) is 1.44. The second kappa shape index (κ2) is 9.95. The predicted octanol–water partition coefficient (Wildman–Crippen LogP) is 4.55. The highest BCUT2D eigenvalue weighted by molar-refractivity contribution is 6.32. The SMILES string of the molecule is CCN(CC)C(C)N1CCC(n2ccc3c2NCN=C3Oc2ccc(C#N)cc2Cl)CC1. The third kappa shape index (κ3) is 4.49. The largest absolute Gasteiger partial charge is 0.437 e. The van der Waals surface area contributed by atoms with Gasteiger partial charge in [-0.25, -0.2) is 4.99 Å². The molecule has 0 aliphatic carbocycles. The van der Waals surface area contributed by atoms with Crippen molar-refractivity contribution in [2.75, 3.05) is 38.2 Å². The van der Waals surface area contributed by atoms with Gasteiger partial charge in [0.25, 0.3) is 0 Å². The van der Waals surface area contributed by atoms with Crippen molar-refractivity contribution in [3.63, 3.8) is 0 Å². The lowest BCUT2D eigenvalue weighted by Crippen LogP contribution is -2.49. The molecule has 3 heterocycles.